The molecule has 2 bridgehead atoms. The lowest BCUT2D eigenvalue weighted by atomic mass is 10.1. The Kier molecular flexibility index (Phi) is 4.36. The first kappa shape index (κ1) is 17.2. The maximum Gasteiger partial charge on any atom is 0.256 e. The third-order valence-corrected chi connectivity index (χ3v) is 4.35. The highest BCUT2D eigenvalue weighted by atomic mass is 19.1. The molecule has 0 fully saturated rings. The molecule has 1 aliphatic rings. The Balaban J connectivity index is 1.78. The summed E-state index contributed by atoms with van der Waals surface area (Å²) < 4.78 is 20.9. The second kappa shape index (κ2) is 6.84. The SMILES string of the molecule is C[C@H]1Nc2ccn3ncc(c3n2)C(=O)NC[C@H](O)COc2ccc(F)cc21. The first-order valence-electron chi connectivity index (χ1n) is 8.50. The molecule has 8 nitrogen and oxygen atoms in total. The highest BCUT2D eigenvalue weighted by Crippen LogP contribution is 2.29. The van der Waals surface area contributed by atoms with E-state index in [4.69, 9.17) is 4.74 Å². The van der Waals surface area contributed by atoms with Crippen molar-refractivity contribution in [1.29, 1.82) is 0 Å². The molecule has 1 amide bonds. The largest absolute Gasteiger partial charge is 0.490 e. The van der Waals surface area contributed by atoms with Crippen molar-refractivity contribution in [1.82, 2.24) is 19.9 Å². The number of anilines is 1. The van der Waals surface area contributed by atoms with Crippen molar-refractivity contribution in [2.45, 2.75) is 19.1 Å². The maximum atomic E-state index is 13.8. The fraction of sp³-hybridized carbons (Fsp3) is 0.278. The zero-order valence-corrected chi connectivity index (χ0v) is 14.5. The monoisotopic (exact) mass is 371 g/mol. The summed E-state index contributed by atoms with van der Waals surface area (Å²) in [5.41, 5.74) is 1.27. The number of benzene rings is 1. The molecule has 2 atom stereocenters. The van der Waals surface area contributed by atoms with E-state index in [1.54, 1.807) is 12.3 Å². The molecule has 2 aromatic heterocycles. The highest BCUT2D eigenvalue weighted by Gasteiger charge is 2.19. The fourth-order valence-corrected chi connectivity index (χ4v) is 2.95. The van der Waals surface area contributed by atoms with Gasteiger partial charge < -0.3 is 20.5 Å². The van der Waals surface area contributed by atoms with Crippen LogP contribution in [0.3, 0.4) is 0 Å². The quantitative estimate of drug-likeness (QED) is 0.554. The second-order valence-corrected chi connectivity index (χ2v) is 6.36. The second-order valence-electron chi connectivity index (χ2n) is 6.36. The Morgan fingerprint density at radius 3 is 3.07 bits per heavy atom. The molecule has 0 saturated carbocycles. The molecule has 0 spiro atoms. The Labute approximate surface area is 154 Å². The van der Waals surface area contributed by atoms with E-state index < -0.39 is 6.10 Å². The molecule has 4 rings (SSSR count). The van der Waals surface area contributed by atoms with E-state index in [2.05, 4.69) is 20.7 Å². The average Bonchev–Trinajstić information content (AvgIpc) is 3.07. The summed E-state index contributed by atoms with van der Waals surface area (Å²) in [6.07, 6.45) is 2.17. The van der Waals surface area contributed by atoms with Crippen molar-refractivity contribution >= 4 is 17.4 Å². The van der Waals surface area contributed by atoms with Gasteiger partial charge in [0.2, 0.25) is 0 Å². The molecular formula is C18H18FN5O3. The minimum absolute atomic E-state index is 0.000194. The van der Waals surface area contributed by atoms with Crippen molar-refractivity contribution in [3.63, 3.8) is 0 Å². The van der Waals surface area contributed by atoms with E-state index in [-0.39, 0.29) is 30.9 Å². The molecule has 3 N–H and O–H groups in total. The van der Waals surface area contributed by atoms with Crippen LogP contribution in [-0.4, -0.2) is 44.9 Å². The third-order valence-electron chi connectivity index (χ3n) is 4.35. The lowest BCUT2D eigenvalue weighted by Crippen LogP contribution is -2.35. The number of aliphatic hydroxyl groups excluding tert-OH is 1. The summed E-state index contributed by atoms with van der Waals surface area (Å²) in [6, 6.07) is 5.59. The van der Waals surface area contributed by atoms with Crippen molar-refractivity contribution in [3.05, 3.63) is 53.6 Å². The van der Waals surface area contributed by atoms with E-state index in [0.717, 1.165) is 0 Å². The lowest BCUT2D eigenvalue weighted by Gasteiger charge is -2.21. The van der Waals surface area contributed by atoms with Gasteiger partial charge in [0.25, 0.3) is 5.91 Å². The Morgan fingerprint density at radius 2 is 2.22 bits per heavy atom. The minimum Gasteiger partial charge on any atom is -0.490 e. The number of aromatic nitrogens is 3. The first-order valence-corrected chi connectivity index (χ1v) is 8.50. The van der Waals surface area contributed by atoms with Gasteiger partial charge in [-0.15, -0.1) is 0 Å². The lowest BCUT2D eigenvalue weighted by molar-refractivity contribution is 0.0843. The molecular weight excluding hydrogens is 353 g/mol. The number of hydrogen-bond donors (Lipinski definition) is 3. The molecule has 0 saturated heterocycles. The van der Waals surface area contributed by atoms with E-state index >= 15 is 0 Å². The minimum atomic E-state index is -0.927. The van der Waals surface area contributed by atoms with Gasteiger partial charge in [-0.1, -0.05) is 0 Å². The molecule has 0 unspecified atom stereocenters. The fourth-order valence-electron chi connectivity index (χ4n) is 2.95. The maximum absolute atomic E-state index is 13.8. The summed E-state index contributed by atoms with van der Waals surface area (Å²) >= 11 is 0. The Morgan fingerprint density at radius 1 is 1.37 bits per heavy atom. The number of carbonyl (C=O) groups excluding carboxylic acids is 1. The summed E-state index contributed by atoms with van der Waals surface area (Å²) in [7, 11) is 0. The first-order chi connectivity index (χ1) is 13.0. The standard InChI is InChI=1S/C18H18FN5O3/c1-10-13-6-11(19)2-3-15(13)27-9-12(25)7-20-18(26)14-8-21-24-5-4-16(22-10)23-17(14)24/h2-6,8,10,12,25H,7,9H2,1H3,(H,20,26)(H,22,23)/t10-,12+/m1/s1. The van der Waals surface area contributed by atoms with Gasteiger partial charge in [-0.3, -0.25) is 4.79 Å². The summed E-state index contributed by atoms with van der Waals surface area (Å²) in [5.74, 6) is 0.185. The highest BCUT2D eigenvalue weighted by molar-refractivity contribution is 5.99. The van der Waals surface area contributed by atoms with Gasteiger partial charge in [-0.05, 0) is 31.2 Å². The smallest absolute Gasteiger partial charge is 0.256 e. The van der Waals surface area contributed by atoms with Crippen molar-refractivity contribution < 1.29 is 19.0 Å². The molecule has 0 radical (unpaired) electrons. The van der Waals surface area contributed by atoms with Gasteiger partial charge in [0.1, 0.15) is 35.7 Å². The molecule has 140 valence electrons. The van der Waals surface area contributed by atoms with Crippen LogP contribution in [0.15, 0.2) is 36.7 Å². The van der Waals surface area contributed by atoms with Gasteiger partial charge in [0.15, 0.2) is 5.65 Å². The van der Waals surface area contributed by atoms with Crippen LogP contribution in [0.4, 0.5) is 10.2 Å². The number of nitrogens with zero attached hydrogens (tertiary/aromatic N) is 3. The van der Waals surface area contributed by atoms with E-state index in [1.807, 2.05) is 6.92 Å². The van der Waals surface area contributed by atoms with Crippen molar-refractivity contribution in [2.75, 3.05) is 18.5 Å². The van der Waals surface area contributed by atoms with Crippen LogP contribution in [-0.2, 0) is 0 Å². The molecule has 1 aliphatic heterocycles. The van der Waals surface area contributed by atoms with Gasteiger partial charge in [-0.2, -0.15) is 5.10 Å². The van der Waals surface area contributed by atoms with Crippen LogP contribution in [0.1, 0.15) is 28.9 Å². The van der Waals surface area contributed by atoms with Crippen LogP contribution in [0.2, 0.25) is 0 Å². The number of nitrogens with one attached hydrogen (secondary N) is 2. The molecule has 1 aromatic carbocycles. The molecule has 0 aliphatic carbocycles. The van der Waals surface area contributed by atoms with Gasteiger partial charge in [-0.25, -0.2) is 13.9 Å². The topological polar surface area (TPSA) is 101 Å². The van der Waals surface area contributed by atoms with Crippen LogP contribution >= 0.6 is 0 Å². The normalized spacial score (nSPS) is 20.3. The number of hydrogen-bond acceptors (Lipinski definition) is 6. The van der Waals surface area contributed by atoms with Crippen molar-refractivity contribution in [3.8, 4) is 5.75 Å². The zero-order valence-electron chi connectivity index (χ0n) is 14.5. The number of aliphatic hydroxyl groups is 1. The van der Waals surface area contributed by atoms with Crippen LogP contribution < -0.4 is 15.4 Å². The van der Waals surface area contributed by atoms with Gasteiger partial charge >= 0.3 is 0 Å². The zero-order chi connectivity index (χ0) is 19.0. The van der Waals surface area contributed by atoms with Crippen LogP contribution in [0, 0.1) is 5.82 Å². The summed E-state index contributed by atoms with van der Waals surface area (Å²) in [4.78, 5) is 16.8. The van der Waals surface area contributed by atoms with Crippen molar-refractivity contribution in [2.24, 2.45) is 0 Å². The van der Waals surface area contributed by atoms with Crippen LogP contribution in [0.25, 0.3) is 5.65 Å². The number of ether oxygens (including phenoxy) is 1. The molecule has 27 heavy (non-hydrogen) atoms. The van der Waals surface area contributed by atoms with Gasteiger partial charge in [0, 0.05) is 18.3 Å². The Bertz CT molecular complexity index is 1010. The van der Waals surface area contributed by atoms with Crippen LogP contribution in [0.5, 0.6) is 5.75 Å². The molecule has 3 aromatic rings. The Hall–Kier alpha value is -3.20. The van der Waals surface area contributed by atoms with E-state index in [0.29, 0.717) is 28.3 Å². The summed E-state index contributed by atoms with van der Waals surface area (Å²) in [5, 5.41) is 20.0. The third kappa shape index (κ3) is 3.41. The van der Waals surface area contributed by atoms with E-state index in [1.165, 1.54) is 28.9 Å². The number of β-amino-alcohol motifs (C(OH)–C–C–N with tert-alkyl or cyclic N) is 1. The number of halogens is 1. The van der Waals surface area contributed by atoms with E-state index in [9.17, 15) is 14.3 Å². The predicted octanol–water partition coefficient (Wildman–Crippen LogP) is 1.52. The molecule has 3 heterocycles. The average molecular weight is 371 g/mol. The summed E-state index contributed by atoms with van der Waals surface area (Å²) in [6.45, 7) is 1.80. The molecule has 9 heteroatoms. The number of carbonyl (C=O) groups is 1. The number of amides is 1. The predicted molar refractivity (Wildman–Crippen MR) is 95.3 cm³/mol. The number of fused-ring (bicyclic) bond motifs is 2. The van der Waals surface area contributed by atoms with Gasteiger partial charge in [0.05, 0.1) is 12.2 Å². The number of rotatable bonds is 0.